The van der Waals surface area contributed by atoms with Gasteiger partial charge in [-0.3, -0.25) is 14.7 Å². The summed E-state index contributed by atoms with van der Waals surface area (Å²) in [4.78, 5) is 21.0. The van der Waals surface area contributed by atoms with Gasteiger partial charge in [-0.05, 0) is 43.0 Å². The SMILES string of the molecule is CN(C)C(=O)C[C@@H]1CC2(CCN(Cc3ccccn3)CC2)Oc2ccccc21. The van der Waals surface area contributed by atoms with Gasteiger partial charge < -0.3 is 9.64 Å². The zero-order chi connectivity index (χ0) is 19.6. The van der Waals surface area contributed by atoms with Gasteiger partial charge in [-0.2, -0.15) is 0 Å². The van der Waals surface area contributed by atoms with E-state index in [9.17, 15) is 4.79 Å². The summed E-state index contributed by atoms with van der Waals surface area (Å²) in [6, 6.07) is 14.3. The number of benzene rings is 1. The van der Waals surface area contributed by atoms with Gasteiger partial charge in [-0.15, -0.1) is 0 Å². The van der Waals surface area contributed by atoms with Crippen molar-refractivity contribution in [3.63, 3.8) is 0 Å². The number of likely N-dealkylation sites (tertiary alicyclic amines) is 1. The minimum atomic E-state index is -0.160. The van der Waals surface area contributed by atoms with Crippen molar-refractivity contribution < 1.29 is 9.53 Å². The molecule has 1 spiro atoms. The van der Waals surface area contributed by atoms with Crippen molar-refractivity contribution in [2.24, 2.45) is 0 Å². The van der Waals surface area contributed by atoms with Crippen LogP contribution < -0.4 is 4.74 Å². The molecule has 148 valence electrons. The highest BCUT2D eigenvalue weighted by Gasteiger charge is 2.43. The van der Waals surface area contributed by atoms with E-state index in [4.69, 9.17) is 4.74 Å². The molecule has 1 aromatic carbocycles. The number of nitrogens with zero attached hydrogens (tertiary/aromatic N) is 3. The smallest absolute Gasteiger partial charge is 0.222 e. The van der Waals surface area contributed by atoms with Gasteiger partial charge in [-0.1, -0.05) is 24.3 Å². The number of pyridine rings is 1. The molecule has 5 heteroatoms. The van der Waals surface area contributed by atoms with E-state index < -0.39 is 0 Å². The van der Waals surface area contributed by atoms with Crippen molar-refractivity contribution in [1.29, 1.82) is 0 Å². The highest BCUT2D eigenvalue weighted by atomic mass is 16.5. The first-order valence-electron chi connectivity index (χ1n) is 10.1. The molecule has 1 atom stereocenters. The van der Waals surface area contributed by atoms with E-state index in [0.717, 1.165) is 50.3 Å². The number of piperidine rings is 1. The Kier molecular flexibility index (Phi) is 5.36. The van der Waals surface area contributed by atoms with E-state index in [1.54, 1.807) is 4.90 Å². The van der Waals surface area contributed by atoms with E-state index in [1.165, 1.54) is 5.56 Å². The summed E-state index contributed by atoms with van der Waals surface area (Å²) in [7, 11) is 3.67. The average molecular weight is 380 g/mol. The van der Waals surface area contributed by atoms with Crippen molar-refractivity contribution in [1.82, 2.24) is 14.8 Å². The van der Waals surface area contributed by atoms with Gasteiger partial charge in [0.1, 0.15) is 11.4 Å². The van der Waals surface area contributed by atoms with Crippen molar-refractivity contribution in [3.05, 3.63) is 59.9 Å². The molecule has 0 unspecified atom stereocenters. The number of ether oxygens (including phenoxy) is 1. The fourth-order valence-electron chi connectivity index (χ4n) is 4.47. The van der Waals surface area contributed by atoms with Crippen LogP contribution in [-0.4, -0.2) is 53.5 Å². The molecule has 0 saturated carbocycles. The lowest BCUT2D eigenvalue weighted by atomic mass is 9.76. The van der Waals surface area contributed by atoms with Crippen molar-refractivity contribution >= 4 is 5.91 Å². The summed E-state index contributed by atoms with van der Waals surface area (Å²) in [5.41, 5.74) is 2.13. The summed E-state index contributed by atoms with van der Waals surface area (Å²) in [6.45, 7) is 2.87. The van der Waals surface area contributed by atoms with E-state index in [1.807, 2.05) is 44.6 Å². The number of carbonyl (C=O) groups excluding carboxylic acids is 1. The first kappa shape index (κ1) is 18.9. The molecule has 1 fully saturated rings. The monoisotopic (exact) mass is 379 g/mol. The number of carbonyl (C=O) groups is 1. The second-order valence-electron chi connectivity index (χ2n) is 8.31. The Morgan fingerprint density at radius 3 is 2.64 bits per heavy atom. The van der Waals surface area contributed by atoms with Crippen LogP contribution in [0.1, 0.15) is 42.9 Å². The zero-order valence-electron chi connectivity index (χ0n) is 16.8. The highest BCUT2D eigenvalue weighted by Crippen LogP contribution is 2.46. The molecule has 1 saturated heterocycles. The van der Waals surface area contributed by atoms with Crippen molar-refractivity contribution in [2.45, 2.75) is 43.7 Å². The Balaban J connectivity index is 1.47. The van der Waals surface area contributed by atoms with Gasteiger partial charge in [0.2, 0.25) is 5.91 Å². The molecule has 0 bridgehead atoms. The van der Waals surface area contributed by atoms with E-state index in [2.05, 4.69) is 28.1 Å². The Morgan fingerprint density at radius 1 is 1.18 bits per heavy atom. The second kappa shape index (κ2) is 7.92. The maximum absolute atomic E-state index is 12.4. The topological polar surface area (TPSA) is 45.7 Å². The van der Waals surface area contributed by atoms with Crippen LogP contribution in [0.15, 0.2) is 48.7 Å². The minimum absolute atomic E-state index is 0.160. The zero-order valence-corrected chi connectivity index (χ0v) is 16.8. The molecule has 2 aromatic rings. The molecule has 0 N–H and O–H groups in total. The normalized spacial score (nSPS) is 21.0. The fourth-order valence-corrected chi connectivity index (χ4v) is 4.47. The van der Waals surface area contributed by atoms with Crippen molar-refractivity contribution in [3.8, 4) is 5.75 Å². The third-order valence-electron chi connectivity index (χ3n) is 6.10. The Bertz CT molecular complexity index is 814. The van der Waals surface area contributed by atoms with E-state index in [-0.39, 0.29) is 17.4 Å². The average Bonchev–Trinajstić information content (AvgIpc) is 2.70. The number of hydrogen-bond donors (Lipinski definition) is 0. The predicted molar refractivity (Wildman–Crippen MR) is 109 cm³/mol. The molecule has 5 nitrogen and oxygen atoms in total. The van der Waals surface area contributed by atoms with Crippen LogP contribution in [0.2, 0.25) is 0 Å². The molecule has 2 aliphatic heterocycles. The van der Waals surface area contributed by atoms with E-state index in [0.29, 0.717) is 6.42 Å². The quantitative estimate of drug-likeness (QED) is 0.816. The number of para-hydroxylation sites is 1. The Hall–Kier alpha value is -2.40. The third-order valence-corrected chi connectivity index (χ3v) is 6.10. The van der Waals surface area contributed by atoms with E-state index >= 15 is 0 Å². The van der Waals surface area contributed by atoms with Crippen LogP contribution in [-0.2, 0) is 11.3 Å². The van der Waals surface area contributed by atoms with Gasteiger partial charge >= 0.3 is 0 Å². The lowest BCUT2D eigenvalue weighted by Crippen LogP contribution is -2.50. The summed E-state index contributed by atoms with van der Waals surface area (Å²) >= 11 is 0. The summed E-state index contributed by atoms with van der Waals surface area (Å²) < 4.78 is 6.56. The van der Waals surface area contributed by atoms with Gasteiger partial charge in [-0.25, -0.2) is 0 Å². The molecule has 4 rings (SSSR count). The summed E-state index contributed by atoms with van der Waals surface area (Å²) in [5, 5.41) is 0. The number of fused-ring (bicyclic) bond motifs is 1. The third kappa shape index (κ3) is 4.04. The fraction of sp³-hybridized carbons (Fsp3) is 0.478. The number of aromatic nitrogens is 1. The van der Waals surface area contributed by atoms with Crippen LogP contribution >= 0.6 is 0 Å². The van der Waals surface area contributed by atoms with Crippen LogP contribution in [0.25, 0.3) is 0 Å². The maximum Gasteiger partial charge on any atom is 0.222 e. The first-order chi connectivity index (χ1) is 13.5. The lowest BCUT2D eigenvalue weighted by Gasteiger charge is -2.47. The number of rotatable bonds is 4. The van der Waals surface area contributed by atoms with Gasteiger partial charge in [0.25, 0.3) is 0 Å². The first-order valence-corrected chi connectivity index (χ1v) is 10.1. The largest absolute Gasteiger partial charge is 0.487 e. The van der Waals surface area contributed by atoms with Gasteiger partial charge in [0, 0.05) is 52.3 Å². The molecule has 2 aliphatic rings. The van der Waals surface area contributed by atoms with Crippen LogP contribution in [0.3, 0.4) is 0 Å². The highest BCUT2D eigenvalue weighted by molar-refractivity contribution is 5.76. The van der Waals surface area contributed by atoms with Crippen molar-refractivity contribution in [2.75, 3.05) is 27.2 Å². The van der Waals surface area contributed by atoms with Gasteiger partial charge in [0.15, 0.2) is 0 Å². The van der Waals surface area contributed by atoms with Crippen LogP contribution in [0.4, 0.5) is 0 Å². The minimum Gasteiger partial charge on any atom is -0.487 e. The standard InChI is InChI=1S/C23H29N3O2/c1-25(2)22(27)15-18-16-23(28-21-9-4-3-8-20(18)21)10-13-26(14-11-23)17-19-7-5-6-12-24-19/h3-9,12,18H,10-11,13-17H2,1-2H3/t18-/m1/s1. The molecule has 28 heavy (non-hydrogen) atoms. The van der Waals surface area contributed by atoms with Crippen LogP contribution in [0.5, 0.6) is 5.75 Å². The maximum atomic E-state index is 12.4. The number of hydrogen-bond acceptors (Lipinski definition) is 4. The molecule has 3 heterocycles. The molecule has 1 amide bonds. The van der Waals surface area contributed by atoms with Crippen LogP contribution in [0, 0.1) is 0 Å². The summed E-state index contributed by atoms with van der Waals surface area (Å²) in [5.74, 6) is 1.37. The molecule has 0 aliphatic carbocycles. The van der Waals surface area contributed by atoms with Gasteiger partial charge in [0.05, 0.1) is 5.69 Å². The number of amides is 1. The Labute approximate surface area is 167 Å². The molecule has 0 radical (unpaired) electrons. The lowest BCUT2D eigenvalue weighted by molar-refractivity contribution is -0.129. The Morgan fingerprint density at radius 2 is 1.93 bits per heavy atom. The molecule has 1 aromatic heterocycles. The molecular weight excluding hydrogens is 350 g/mol. The second-order valence-corrected chi connectivity index (χ2v) is 8.31. The molecular formula is C23H29N3O2. The summed E-state index contributed by atoms with van der Waals surface area (Å²) in [6.07, 6.45) is 5.30. The predicted octanol–water partition coefficient (Wildman–Crippen LogP) is 3.46.